The highest BCUT2D eigenvalue weighted by atomic mass is 79.9. The number of halogens is 2. The summed E-state index contributed by atoms with van der Waals surface area (Å²) >= 11 is 11.8. The SMILES string of the molecule is CCCNC(Cc1ccc(CC)s1)c1ccc(Br)cc1Cl. The van der Waals surface area contributed by atoms with E-state index in [0.29, 0.717) is 0 Å². The first-order chi connectivity index (χ1) is 10.1. The first kappa shape index (κ1) is 17.0. The zero-order valence-corrected chi connectivity index (χ0v) is 15.6. The van der Waals surface area contributed by atoms with Crippen LogP contribution >= 0.6 is 38.9 Å². The Bertz CT molecular complexity index is 582. The zero-order chi connectivity index (χ0) is 15.2. The van der Waals surface area contributed by atoms with Crippen LogP contribution in [0.2, 0.25) is 5.02 Å². The van der Waals surface area contributed by atoms with Crippen molar-refractivity contribution in [3.8, 4) is 0 Å². The van der Waals surface area contributed by atoms with Crippen LogP contribution in [-0.2, 0) is 12.8 Å². The van der Waals surface area contributed by atoms with Crippen molar-refractivity contribution in [3.63, 3.8) is 0 Å². The average Bonchev–Trinajstić information content (AvgIpc) is 2.91. The lowest BCUT2D eigenvalue weighted by molar-refractivity contribution is 0.532. The summed E-state index contributed by atoms with van der Waals surface area (Å²) in [5, 5.41) is 4.45. The van der Waals surface area contributed by atoms with E-state index in [1.807, 2.05) is 17.4 Å². The van der Waals surface area contributed by atoms with E-state index in [-0.39, 0.29) is 6.04 Å². The summed E-state index contributed by atoms with van der Waals surface area (Å²) < 4.78 is 1.02. The summed E-state index contributed by atoms with van der Waals surface area (Å²) in [5.74, 6) is 0. The van der Waals surface area contributed by atoms with Crippen molar-refractivity contribution in [3.05, 3.63) is 55.1 Å². The van der Waals surface area contributed by atoms with E-state index in [9.17, 15) is 0 Å². The molecule has 0 aliphatic heterocycles. The maximum atomic E-state index is 6.44. The summed E-state index contributed by atoms with van der Waals surface area (Å²) in [4.78, 5) is 2.86. The Kier molecular flexibility index (Phi) is 6.74. The van der Waals surface area contributed by atoms with Crippen LogP contribution in [0.25, 0.3) is 0 Å². The smallest absolute Gasteiger partial charge is 0.0465 e. The molecule has 0 amide bonds. The Morgan fingerprint density at radius 3 is 2.57 bits per heavy atom. The highest BCUT2D eigenvalue weighted by Gasteiger charge is 2.16. The second-order valence-corrected chi connectivity index (χ2v) is 7.67. The third-order valence-electron chi connectivity index (χ3n) is 3.45. The molecule has 2 aromatic rings. The highest BCUT2D eigenvalue weighted by Crippen LogP contribution is 2.30. The van der Waals surface area contributed by atoms with Crippen LogP contribution in [0.1, 0.15) is 41.6 Å². The fourth-order valence-electron chi connectivity index (χ4n) is 2.32. The van der Waals surface area contributed by atoms with Crippen molar-refractivity contribution >= 4 is 38.9 Å². The van der Waals surface area contributed by atoms with Gasteiger partial charge >= 0.3 is 0 Å². The van der Waals surface area contributed by atoms with Crippen LogP contribution in [0.5, 0.6) is 0 Å². The molecule has 0 aliphatic rings. The average molecular weight is 387 g/mol. The Labute approximate surface area is 144 Å². The van der Waals surface area contributed by atoms with Gasteiger partial charge in [0.15, 0.2) is 0 Å². The second-order valence-electron chi connectivity index (χ2n) is 5.10. The summed E-state index contributed by atoms with van der Waals surface area (Å²) in [6.45, 7) is 5.39. The van der Waals surface area contributed by atoms with Crippen LogP contribution in [0.4, 0.5) is 0 Å². The quantitative estimate of drug-likeness (QED) is 0.614. The third-order valence-corrected chi connectivity index (χ3v) is 5.52. The summed E-state index contributed by atoms with van der Waals surface area (Å²) in [6.07, 6.45) is 3.22. The van der Waals surface area contributed by atoms with Gasteiger partial charge in [-0.2, -0.15) is 0 Å². The fourth-order valence-corrected chi connectivity index (χ4v) is 4.13. The molecular weight excluding hydrogens is 366 g/mol. The van der Waals surface area contributed by atoms with Gasteiger partial charge in [0.2, 0.25) is 0 Å². The molecule has 2 rings (SSSR count). The molecule has 1 unspecified atom stereocenters. The molecule has 0 aliphatic carbocycles. The second kappa shape index (κ2) is 8.33. The van der Waals surface area contributed by atoms with Crippen LogP contribution in [0, 0.1) is 0 Å². The zero-order valence-electron chi connectivity index (χ0n) is 12.5. The summed E-state index contributed by atoms with van der Waals surface area (Å²) in [5.41, 5.74) is 1.18. The fraction of sp³-hybridized carbons (Fsp3) is 0.412. The van der Waals surface area contributed by atoms with E-state index in [2.05, 4.69) is 59.4 Å². The van der Waals surface area contributed by atoms with E-state index < -0.39 is 0 Å². The Morgan fingerprint density at radius 2 is 1.95 bits per heavy atom. The molecule has 0 radical (unpaired) electrons. The van der Waals surface area contributed by atoms with E-state index in [4.69, 9.17) is 11.6 Å². The predicted octanol–water partition coefficient (Wildman–Crippen LogP) is 6.01. The minimum atomic E-state index is 0.272. The van der Waals surface area contributed by atoms with E-state index in [1.165, 1.54) is 15.3 Å². The molecule has 0 bridgehead atoms. The minimum absolute atomic E-state index is 0.272. The first-order valence-corrected chi connectivity index (χ1v) is 9.38. The van der Waals surface area contributed by atoms with Crippen molar-refractivity contribution < 1.29 is 0 Å². The van der Waals surface area contributed by atoms with Gasteiger partial charge in [-0.25, -0.2) is 0 Å². The monoisotopic (exact) mass is 385 g/mol. The molecule has 1 aromatic carbocycles. The standard InChI is InChI=1S/C17H21BrClNS/c1-3-9-20-17(11-14-7-6-13(4-2)21-14)15-8-5-12(18)10-16(15)19/h5-8,10,17,20H,3-4,9,11H2,1-2H3. The lowest BCUT2D eigenvalue weighted by atomic mass is 10.0. The molecule has 21 heavy (non-hydrogen) atoms. The topological polar surface area (TPSA) is 12.0 Å². The molecular formula is C17H21BrClNS. The van der Waals surface area contributed by atoms with Gasteiger partial charge in [-0.05, 0) is 49.2 Å². The van der Waals surface area contributed by atoms with Gasteiger partial charge in [0.25, 0.3) is 0 Å². The largest absolute Gasteiger partial charge is 0.310 e. The van der Waals surface area contributed by atoms with Gasteiger partial charge in [0, 0.05) is 31.7 Å². The Morgan fingerprint density at radius 1 is 1.19 bits per heavy atom. The first-order valence-electron chi connectivity index (χ1n) is 7.40. The lowest BCUT2D eigenvalue weighted by Gasteiger charge is -2.20. The van der Waals surface area contributed by atoms with Crippen LogP contribution in [-0.4, -0.2) is 6.54 Å². The van der Waals surface area contributed by atoms with Crippen molar-refractivity contribution in [1.29, 1.82) is 0 Å². The Balaban J connectivity index is 2.20. The Hall–Kier alpha value is -0.350. The van der Waals surface area contributed by atoms with Crippen molar-refractivity contribution in [2.45, 2.75) is 39.2 Å². The molecule has 0 fully saturated rings. The van der Waals surface area contributed by atoms with Gasteiger partial charge in [-0.15, -0.1) is 11.3 Å². The van der Waals surface area contributed by atoms with Gasteiger partial charge in [0.1, 0.15) is 0 Å². The van der Waals surface area contributed by atoms with E-state index in [1.54, 1.807) is 0 Å². The van der Waals surface area contributed by atoms with E-state index >= 15 is 0 Å². The summed E-state index contributed by atoms with van der Waals surface area (Å²) in [7, 11) is 0. The van der Waals surface area contributed by atoms with Gasteiger partial charge in [-0.1, -0.05) is 47.4 Å². The maximum absolute atomic E-state index is 6.44. The highest BCUT2D eigenvalue weighted by molar-refractivity contribution is 9.10. The number of aryl methyl sites for hydroxylation is 1. The molecule has 1 atom stereocenters. The molecule has 1 nitrogen and oxygen atoms in total. The van der Waals surface area contributed by atoms with Gasteiger partial charge in [0.05, 0.1) is 0 Å². The van der Waals surface area contributed by atoms with Crippen LogP contribution < -0.4 is 5.32 Å². The van der Waals surface area contributed by atoms with Crippen LogP contribution in [0.3, 0.4) is 0 Å². The third kappa shape index (κ3) is 4.82. The number of nitrogens with one attached hydrogen (secondary N) is 1. The molecule has 0 saturated carbocycles. The molecule has 114 valence electrons. The lowest BCUT2D eigenvalue weighted by Crippen LogP contribution is -2.24. The number of hydrogen-bond donors (Lipinski definition) is 1. The van der Waals surface area contributed by atoms with E-state index in [0.717, 1.165) is 35.3 Å². The predicted molar refractivity (Wildman–Crippen MR) is 97.6 cm³/mol. The minimum Gasteiger partial charge on any atom is -0.310 e. The van der Waals surface area contributed by atoms with Gasteiger partial charge < -0.3 is 5.32 Å². The molecule has 1 N–H and O–H groups in total. The molecule has 1 heterocycles. The van der Waals surface area contributed by atoms with Gasteiger partial charge in [-0.3, -0.25) is 0 Å². The molecule has 1 aromatic heterocycles. The maximum Gasteiger partial charge on any atom is 0.0465 e. The number of benzene rings is 1. The normalized spacial score (nSPS) is 12.6. The van der Waals surface area contributed by atoms with Crippen molar-refractivity contribution in [2.24, 2.45) is 0 Å². The summed E-state index contributed by atoms with van der Waals surface area (Å²) in [6, 6.07) is 10.9. The number of rotatable bonds is 7. The molecule has 0 saturated heterocycles. The molecule has 0 spiro atoms. The van der Waals surface area contributed by atoms with Crippen LogP contribution in [0.15, 0.2) is 34.8 Å². The number of hydrogen-bond acceptors (Lipinski definition) is 2. The number of thiophene rings is 1. The molecule has 4 heteroatoms. The van der Waals surface area contributed by atoms with Crippen molar-refractivity contribution in [1.82, 2.24) is 5.32 Å². The van der Waals surface area contributed by atoms with Crippen molar-refractivity contribution in [2.75, 3.05) is 6.54 Å².